The van der Waals surface area contributed by atoms with Crippen molar-refractivity contribution >= 4 is 23.1 Å². The second-order valence-electron chi connectivity index (χ2n) is 6.62. The van der Waals surface area contributed by atoms with Gasteiger partial charge < -0.3 is 9.84 Å². The maximum absolute atomic E-state index is 13.0. The first-order valence-corrected chi connectivity index (χ1v) is 9.18. The minimum absolute atomic E-state index is 0.0366. The van der Waals surface area contributed by atoms with Crippen LogP contribution in [0.3, 0.4) is 0 Å². The summed E-state index contributed by atoms with van der Waals surface area (Å²) in [5.74, 6) is -1.25. The standard InChI is InChI=1S/C24H19NO4/c1-29-19-15-9-8-14-18(19)22(26)20-21(16-10-4-2-5-11-16)25(24(28)23(20)27)17-12-6-3-7-13-17/h2-15,21,26H,1H3/b22-20-. The highest BCUT2D eigenvalue weighted by Crippen LogP contribution is 2.42. The van der Waals surface area contributed by atoms with E-state index in [1.807, 2.05) is 36.4 Å². The summed E-state index contributed by atoms with van der Waals surface area (Å²) >= 11 is 0. The third-order valence-electron chi connectivity index (χ3n) is 4.96. The summed E-state index contributed by atoms with van der Waals surface area (Å²) in [5.41, 5.74) is 1.71. The smallest absolute Gasteiger partial charge is 0.300 e. The van der Waals surface area contributed by atoms with Gasteiger partial charge in [0.1, 0.15) is 11.5 Å². The Morgan fingerprint density at radius 1 is 0.862 bits per heavy atom. The van der Waals surface area contributed by atoms with Crippen molar-refractivity contribution in [3.63, 3.8) is 0 Å². The zero-order valence-electron chi connectivity index (χ0n) is 15.8. The Kier molecular flexibility index (Phi) is 4.87. The Morgan fingerprint density at radius 2 is 1.45 bits per heavy atom. The van der Waals surface area contributed by atoms with Gasteiger partial charge in [0.05, 0.1) is 24.3 Å². The third-order valence-corrected chi connectivity index (χ3v) is 4.96. The predicted molar refractivity (Wildman–Crippen MR) is 111 cm³/mol. The van der Waals surface area contributed by atoms with Crippen LogP contribution in [-0.4, -0.2) is 23.9 Å². The van der Waals surface area contributed by atoms with E-state index in [4.69, 9.17) is 4.74 Å². The molecule has 5 heteroatoms. The maximum Gasteiger partial charge on any atom is 0.300 e. The van der Waals surface area contributed by atoms with Crippen molar-refractivity contribution < 1.29 is 19.4 Å². The lowest BCUT2D eigenvalue weighted by Crippen LogP contribution is -2.29. The molecule has 1 aliphatic heterocycles. The van der Waals surface area contributed by atoms with Crippen LogP contribution in [0.25, 0.3) is 5.76 Å². The van der Waals surface area contributed by atoms with Crippen molar-refractivity contribution in [1.29, 1.82) is 0 Å². The van der Waals surface area contributed by atoms with Crippen molar-refractivity contribution in [1.82, 2.24) is 0 Å². The number of aliphatic hydroxyl groups excluding tert-OH is 1. The van der Waals surface area contributed by atoms with Gasteiger partial charge >= 0.3 is 0 Å². The van der Waals surface area contributed by atoms with Gasteiger partial charge in [0.2, 0.25) is 0 Å². The fourth-order valence-corrected chi connectivity index (χ4v) is 3.62. The molecule has 1 saturated heterocycles. The number of nitrogens with zero attached hydrogens (tertiary/aromatic N) is 1. The van der Waals surface area contributed by atoms with Crippen LogP contribution in [0, 0.1) is 0 Å². The van der Waals surface area contributed by atoms with Gasteiger partial charge in [-0.05, 0) is 29.8 Å². The van der Waals surface area contributed by atoms with Gasteiger partial charge in [0.15, 0.2) is 0 Å². The second kappa shape index (κ2) is 7.64. The van der Waals surface area contributed by atoms with E-state index in [9.17, 15) is 14.7 Å². The Bertz CT molecular complexity index is 1090. The first kappa shape index (κ1) is 18.5. The van der Waals surface area contributed by atoms with Crippen LogP contribution in [0.4, 0.5) is 5.69 Å². The number of hydrogen-bond acceptors (Lipinski definition) is 4. The van der Waals surface area contributed by atoms with Gasteiger partial charge in [-0.25, -0.2) is 0 Å². The van der Waals surface area contributed by atoms with Crippen LogP contribution in [0.15, 0.2) is 90.5 Å². The molecule has 1 N–H and O–H groups in total. The molecule has 1 heterocycles. The number of ketones is 1. The predicted octanol–water partition coefficient (Wildman–Crippen LogP) is 4.32. The van der Waals surface area contributed by atoms with Crippen LogP contribution in [0.2, 0.25) is 0 Å². The minimum atomic E-state index is -0.747. The summed E-state index contributed by atoms with van der Waals surface area (Å²) < 4.78 is 5.34. The van der Waals surface area contributed by atoms with E-state index in [1.165, 1.54) is 12.0 Å². The van der Waals surface area contributed by atoms with E-state index in [-0.39, 0.29) is 11.3 Å². The summed E-state index contributed by atoms with van der Waals surface area (Å²) in [5, 5.41) is 11.1. The average molecular weight is 385 g/mol. The van der Waals surface area contributed by atoms with Crippen molar-refractivity contribution in [3.05, 3.63) is 102 Å². The van der Waals surface area contributed by atoms with Crippen molar-refractivity contribution in [2.45, 2.75) is 6.04 Å². The van der Waals surface area contributed by atoms with Gasteiger partial charge in [-0.15, -0.1) is 0 Å². The van der Waals surface area contributed by atoms with Crippen LogP contribution in [0.1, 0.15) is 17.2 Å². The average Bonchev–Trinajstić information content (AvgIpc) is 3.05. The normalized spacial score (nSPS) is 18.1. The number of carbonyl (C=O) groups is 2. The molecule has 1 aliphatic rings. The number of para-hydroxylation sites is 2. The molecule has 1 unspecified atom stereocenters. The highest BCUT2D eigenvalue weighted by atomic mass is 16.5. The summed E-state index contributed by atoms with van der Waals surface area (Å²) in [7, 11) is 1.49. The van der Waals surface area contributed by atoms with E-state index in [0.29, 0.717) is 17.0 Å². The van der Waals surface area contributed by atoms with Crippen LogP contribution < -0.4 is 9.64 Å². The number of carbonyl (C=O) groups excluding carboxylic acids is 2. The van der Waals surface area contributed by atoms with E-state index in [2.05, 4.69) is 0 Å². The number of Topliss-reactive ketones (excluding diaryl/α,β-unsaturated/α-hetero) is 1. The van der Waals surface area contributed by atoms with Crippen LogP contribution in [0.5, 0.6) is 5.75 Å². The molecule has 3 aromatic carbocycles. The summed E-state index contributed by atoms with van der Waals surface area (Å²) in [6.45, 7) is 0. The number of rotatable bonds is 4. The Morgan fingerprint density at radius 3 is 2.10 bits per heavy atom. The van der Waals surface area contributed by atoms with Crippen LogP contribution >= 0.6 is 0 Å². The summed E-state index contributed by atoms with van der Waals surface area (Å²) in [6, 6.07) is 24.3. The summed E-state index contributed by atoms with van der Waals surface area (Å²) in [4.78, 5) is 27.5. The number of anilines is 1. The zero-order valence-corrected chi connectivity index (χ0v) is 15.8. The topological polar surface area (TPSA) is 66.8 Å². The minimum Gasteiger partial charge on any atom is -0.507 e. The van der Waals surface area contributed by atoms with Crippen molar-refractivity contribution in [2.24, 2.45) is 0 Å². The fourth-order valence-electron chi connectivity index (χ4n) is 3.62. The molecular formula is C24H19NO4. The Hall–Kier alpha value is -3.86. The van der Waals surface area contributed by atoms with Gasteiger partial charge in [-0.3, -0.25) is 14.5 Å². The highest BCUT2D eigenvalue weighted by molar-refractivity contribution is 6.51. The second-order valence-corrected chi connectivity index (χ2v) is 6.62. The maximum atomic E-state index is 13.0. The van der Waals surface area contributed by atoms with Crippen LogP contribution in [-0.2, 0) is 9.59 Å². The number of aliphatic hydroxyl groups is 1. The summed E-state index contributed by atoms with van der Waals surface area (Å²) in [6.07, 6.45) is 0. The Balaban J connectivity index is 1.97. The third kappa shape index (κ3) is 3.17. The number of methoxy groups -OCH3 is 1. The molecule has 0 spiro atoms. The van der Waals surface area contributed by atoms with E-state index in [1.54, 1.807) is 48.5 Å². The number of amides is 1. The molecule has 1 atom stereocenters. The molecule has 0 saturated carbocycles. The zero-order chi connectivity index (χ0) is 20.4. The lowest BCUT2D eigenvalue weighted by atomic mass is 9.95. The molecule has 3 aromatic rings. The molecule has 1 fully saturated rings. The van der Waals surface area contributed by atoms with Crippen molar-refractivity contribution in [3.8, 4) is 5.75 Å². The molecule has 0 aromatic heterocycles. The van der Waals surface area contributed by atoms with Gasteiger partial charge in [0.25, 0.3) is 11.7 Å². The fraction of sp³-hybridized carbons (Fsp3) is 0.0833. The van der Waals surface area contributed by atoms with E-state index < -0.39 is 17.7 Å². The highest BCUT2D eigenvalue weighted by Gasteiger charge is 2.47. The van der Waals surface area contributed by atoms with Crippen molar-refractivity contribution in [2.75, 3.05) is 12.0 Å². The van der Waals surface area contributed by atoms with Gasteiger partial charge in [-0.1, -0.05) is 60.7 Å². The number of ether oxygens (including phenoxy) is 1. The largest absolute Gasteiger partial charge is 0.507 e. The molecule has 0 radical (unpaired) electrons. The molecule has 5 nitrogen and oxygen atoms in total. The van der Waals surface area contributed by atoms with E-state index in [0.717, 1.165) is 5.56 Å². The quantitative estimate of drug-likeness (QED) is 0.413. The molecule has 29 heavy (non-hydrogen) atoms. The molecule has 0 bridgehead atoms. The Labute approximate surface area is 168 Å². The SMILES string of the molecule is COc1ccccc1/C(O)=C1/C(=O)C(=O)N(c2ccccc2)C1c1ccccc1. The molecular weight excluding hydrogens is 366 g/mol. The lowest BCUT2D eigenvalue weighted by molar-refractivity contribution is -0.132. The first-order valence-electron chi connectivity index (χ1n) is 9.18. The monoisotopic (exact) mass is 385 g/mol. The molecule has 1 amide bonds. The van der Waals surface area contributed by atoms with Gasteiger partial charge in [-0.2, -0.15) is 0 Å². The first-order chi connectivity index (χ1) is 14.1. The molecule has 144 valence electrons. The molecule has 4 rings (SSSR count). The number of hydrogen-bond donors (Lipinski definition) is 1. The molecule has 0 aliphatic carbocycles. The van der Waals surface area contributed by atoms with Gasteiger partial charge in [0, 0.05) is 5.69 Å². The number of benzene rings is 3. The van der Waals surface area contributed by atoms with E-state index >= 15 is 0 Å². The lowest BCUT2D eigenvalue weighted by Gasteiger charge is -2.25.